The van der Waals surface area contributed by atoms with E-state index in [9.17, 15) is 24.3 Å². The molecule has 0 radical (unpaired) electrons. The van der Waals surface area contributed by atoms with Gasteiger partial charge in [0.15, 0.2) is 0 Å². The smallest absolute Gasteiger partial charge is 0.324 e. The monoisotopic (exact) mass is 722 g/mol. The van der Waals surface area contributed by atoms with Crippen LogP contribution in [0, 0.1) is 11.8 Å². The fourth-order valence-electron chi connectivity index (χ4n) is 6.29. The van der Waals surface area contributed by atoms with Gasteiger partial charge in [-0.1, -0.05) is 62.4 Å². The third-order valence-electron chi connectivity index (χ3n) is 9.09. The Morgan fingerprint density at radius 1 is 0.885 bits per heavy atom. The Bertz CT molecular complexity index is 1510. The van der Waals surface area contributed by atoms with Gasteiger partial charge in [0, 0.05) is 33.6 Å². The topological polar surface area (TPSA) is 176 Å². The number of carbonyl (C=O) groups excluding carboxylic acids is 4. The second-order valence-corrected chi connectivity index (χ2v) is 12.9. The van der Waals surface area contributed by atoms with Gasteiger partial charge in [0.05, 0.1) is 25.7 Å². The molecule has 2 aliphatic heterocycles. The number of rotatable bonds is 6. The number of aromatic hydroxyl groups is 1. The van der Waals surface area contributed by atoms with Crippen LogP contribution < -0.4 is 20.8 Å². The molecule has 6 atom stereocenters. The Labute approximate surface area is 306 Å². The summed E-state index contributed by atoms with van der Waals surface area (Å²) in [6.07, 6.45) is 9.66. The summed E-state index contributed by atoms with van der Waals surface area (Å²) in [6.45, 7) is 4.28. The molecule has 52 heavy (non-hydrogen) atoms. The SMILES string of the molecule is CO.COc1ccc(CC2NC(=O)C(C)C(OC)C(C)C/C=C/C=C/CCOC(=O)C3CCCN(N3)C(=O)C(Cc3cccc(O)c3)NC2=O)cc1. The number of nitrogens with zero attached hydrogens (tertiary/aromatic N) is 1. The molecule has 2 aromatic carbocycles. The highest BCUT2D eigenvalue weighted by molar-refractivity contribution is 5.93. The summed E-state index contributed by atoms with van der Waals surface area (Å²) in [7, 11) is 4.13. The van der Waals surface area contributed by atoms with Gasteiger partial charge in [0.1, 0.15) is 29.6 Å². The number of aliphatic hydroxyl groups is 1. The van der Waals surface area contributed by atoms with Gasteiger partial charge in [0.2, 0.25) is 11.8 Å². The zero-order valence-electron chi connectivity index (χ0n) is 30.7. The third-order valence-corrected chi connectivity index (χ3v) is 9.09. The number of aliphatic hydroxyl groups excluding tert-OH is 1. The van der Waals surface area contributed by atoms with Crippen molar-refractivity contribution in [1.82, 2.24) is 21.1 Å². The Kier molecular flexibility index (Phi) is 17.3. The Hall–Kier alpha value is -4.72. The van der Waals surface area contributed by atoms with E-state index in [-0.39, 0.29) is 37.0 Å². The summed E-state index contributed by atoms with van der Waals surface area (Å²) < 4.78 is 16.6. The number of hydrazine groups is 1. The first-order valence-electron chi connectivity index (χ1n) is 17.6. The zero-order chi connectivity index (χ0) is 38.0. The maximum absolute atomic E-state index is 14.2. The van der Waals surface area contributed by atoms with Crippen LogP contribution in [0.2, 0.25) is 0 Å². The quantitative estimate of drug-likeness (QED) is 0.279. The number of esters is 1. The summed E-state index contributed by atoms with van der Waals surface area (Å²) in [4.78, 5) is 55.0. The van der Waals surface area contributed by atoms with Gasteiger partial charge in [-0.15, -0.1) is 0 Å². The van der Waals surface area contributed by atoms with Crippen molar-refractivity contribution in [3.05, 3.63) is 84.0 Å². The summed E-state index contributed by atoms with van der Waals surface area (Å²) >= 11 is 0. The third kappa shape index (κ3) is 12.5. The van der Waals surface area contributed by atoms with Crippen molar-refractivity contribution >= 4 is 23.7 Å². The predicted molar refractivity (Wildman–Crippen MR) is 196 cm³/mol. The van der Waals surface area contributed by atoms with Crippen molar-refractivity contribution in [3.63, 3.8) is 0 Å². The van der Waals surface area contributed by atoms with Crippen LogP contribution in [0.5, 0.6) is 11.5 Å². The number of hydrogen-bond donors (Lipinski definition) is 5. The predicted octanol–water partition coefficient (Wildman–Crippen LogP) is 3.00. The Balaban J connectivity index is 0.00000358. The van der Waals surface area contributed by atoms with Crippen LogP contribution in [0.15, 0.2) is 72.8 Å². The molecule has 0 spiro atoms. The number of phenols is 1. The summed E-state index contributed by atoms with van der Waals surface area (Å²) in [5.41, 5.74) is 4.39. The molecule has 2 heterocycles. The minimum atomic E-state index is -1.10. The average molecular weight is 723 g/mol. The van der Waals surface area contributed by atoms with Crippen molar-refractivity contribution in [3.8, 4) is 11.5 Å². The van der Waals surface area contributed by atoms with Gasteiger partial charge in [-0.05, 0) is 67.0 Å². The van der Waals surface area contributed by atoms with Crippen LogP contribution in [0.3, 0.4) is 0 Å². The lowest BCUT2D eigenvalue weighted by Crippen LogP contribution is -2.62. The van der Waals surface area contributed by atoms with E-state index in [1.807, 2.05) is 43.4 Å². The van der Waals surface area contributed by atoms with Gasteiger partial charge in [-0.3, -0.25) is 24.2 Å². The molecule has 2 aliphatic rings. The standard InChI is InChI=1S/C38H50N4O8.CH4O/c1-25-12-8-6-5-7-9-21-50-38(47)31-15-11-20-42(41-31)37(46)33(24-28-13-10-14-29(43)22-28)40-36(45)32(39-35(44)26(2)34(25)49-4)23-27-16-18-30(48-3)19-17-27;1-2/h5-8,10,13-14,16-19,22,25-26,31-34,41,43H,9,11-12,15,20-21,23-24H2,1-4H3,(H,39,44)(H,40,45);2H,1H3/b7-5+,8-6+;. The van der Waals surface area contributed by atoms with Gasteiger partial charge >= 0.3 is 5.97 Å². The number of nitrogens with one attached hydrogen (secondary N) is 3. The lowest BCUT2D eigenvalue weighted by Gasteiger charge is -2.35. The highest BCUT2D eigenvalue weighted by Gasteiger charge is 2.36. The highest BCUT2D eigenvalue weighted by Crippen LogP contribution is 2.22. The maximum Gasteiger partial charge on any atom is 0.324 e. The lowest BCUT2D eigenvalue weighted by atomic mass is 9.89. The first-order valence-corrected chi connectivity index (χ1v) is 17.6. The number of methoxy groups -OCH3 is 2. The zero-order valence-corrected chi connectivity index (χ0v) is 30.7. The molecule has 0 aliphatic carbocycles. The fourth-order valence-corrected chi connectivity index (χ4v) is 6.29. The first kappa shape index (κ1) is 41.7. The van der Waals surface area contributed by atoms with Crippen molar-refractivity contribution in [2.75, 3.05) is 34.5 Å². The molecule has 13 heteroatoms. The second-order valence-electron chi connectivity index (χ2n) is 12.9. The van der Waals surface area contributed by atoms with E-state index in [0.29, 0.717) is 43.5 Å². The number of phenolic OH excluding ortho intramolecular Hbond substituents is 1. The van der Waals surface area contributed by atoms with E-state index >= 15 is 0 Å². The van der Waals surface area contributed by atoms with E-state index in [1.54, 1.807) is 45.4 Å². The van der Waals surface area contributed by atoms with Gasteiger partial charge < -0.3 is 35.1 Å². The minimum absolute atomic E-state index is 0.0180. The molecule has 1 fully saturated rings. The number of allylic oxidation sites excluding steroid dienone is 3. The Morgan fingerprint density at radius 2 is 1.58 bits per heavy atom. The number of hydrogen-bond acceptors (Lipinski definition) is 10. The molecule has 1 saturated heterocycles. The van der Waals surface area contributed by atoms with Crippen LogP contribution in [-0.2, 0) is 41.5 Å². The van der Waals surface area contributed by atoms with E-state index in [2.05, 4.69) is 16.1 Å². The molecule has 6 unspecified atom stereocenters. The van der Waals surface area contributed by atoms with Crippen molar-refractivity contribution in [2.24, 2.45) is 11.8 Å². The molecule has 0 saturated carbocycles. The van der Waals surface area contributed by atoms with Crippen LogP contribution >= 0.6 is 0 Å². The molecule has 3 amide bonds. The van der Waals surface area contributed by atoms with E-state index < -0.39 is 47.9 Å². The summed E-state index contributed by atoms with van der Waals surface area (Å²) in [5.74, 6) is -1.81. The van der Waals surface area contributed by atoms with Gasteiger partial charge in [-0.2, -0.15) is 0 Å². The molecule has 2 aromatic rings. The number of amides is 3. The van der Waals surface area contributed by atoms with E-state index in [4.69, 9.17) is 19.3 Å². The van der Waals surface area contributed by atoms with Crippen molar-refractivity contribution in [2.45, 2.75) is 76.6 Å². The molecule has 0 aromatic heterocycles. The number of ether oxygens (including phenoxy) is 3. The van der Waals surface area contributed by atoms with E-state index in [1.165, 1.54) is 17.1 Å². The van der Waals surface area contributed by atoms with Crippen LogP contribution in [-0.4, -0.2) is 97.6 Å². The number of cyclic esters (lactones) is 1. The largest absolute Gasteiger partial charge is 0.508 e. The summed E-state index contributed by atoms with van der Waals surface area (Å²) in [5, 5.41) is 24.3. The molecular weight excluding hydrogens is 668 g/mol. The highest BCUT2D eigenvalue weighted by atomic mass is 16.5. The minimum Gasteiger partial charge on any atom is -0.508 e. The fraction of sp³-hybridized carbons (Fsp3) is 0.487. The van der Waals surface area contributed by atoms with Crippen LogP contribution in [0.25, 0.3) is 0 Å². The lowest BCUT2D eigenvalue weighted by molar-refractivity contribution is -0.153. The summed E-state index contributed by atoms with van der Waals surface area (Å²) in [6, 6.07) is 10.8. The van der Waals surface area contributed by atoms with Crippen LogP contribution in [0.1, 0.15) is 50.7 Å². The Morgan fingerprint density at radius 3 is 2.27 bits per heavy atom. The molecule has 2 bridgehead atoms. The molecule has 284 valence electrons. The van der Waals surface area contributed by atoms with Crippen molar-refractivity contribution < 1.29 is 43.6 Å². The number of fused-ring (bicyclic) bond motifs is 2. The number of carbonyl (C=O) groups is 4. The molecule has 4 rings (SSSR count). The second kappa shape index (κ2) is 21.6. The maximum atomic E-state index is 14.2. The average Bonchev–Trinajstić information content (AvgIpc) is 3.15. The first-order chi connectivity index (χ1) is 25.1. The van der Waals surface area contributed by atoms with Crippen molar-refractivity contribution in [1.29, 1.82) is 0 Å². The van der Waals surface area contributed by atoms with Crippen LogP contribution in [0.4, 0.5) is 0 Å². The van der Waals surface area contributed by atoms with E-state index in [0.717, 1.165) is 12.7 Å². The molecule has 13 nitrogen and oxygen atoms in total. The molecular formula is C39H54N4O9. The normalized spacial score (nSPS) is 26.5. The van der Waals surface area contributed by atoms with Gasteiger partial charge in [0.25, 0.3) is 5.91 Å². The number of benzene rings is 2. The molecule has 5 N–H and O–H groups in total. The van der Waals surface area contributed by atoms with Gasteiger partial charge in [-0.25, -0.2) is 5.43 Å².